The number of fused-ring (bicyclic) bond motifs is 1. The minimum absolute atomic E-state index is 0.0930. The second-order valence-electron chi connectivity index (χ2n) is 9.75. The average molecular weight is 619 g/mol. The van der Waals surface area contributed by atoms with Crippen LogP contribution in [0.3, 0.4) is 0 Å². The van der Waals surface area contributed by atoms with E-state index in [4.69, 9.17) is 22.2 Å². The maximum Gasteiger partial charge on any atom is 0.265 e. The molecular formula is C30H27ClN6O5S. The lowest BCUT2D eigenvalue weighted by Crippen LogP contribution is -2.40. The number of rotatable bonds is 5. The lowest BCUT2D eigenvalue weighted by Gasteiger charge is -2.26. The van der Waals surface area contributed by atoms with Crippen molar-refractivity contribution < 1.29 is 22.7 Å². The quantitative estimate of drug-likeness (QED) is 0.150. The molecule has 0 spiro atoms. The molecule has 0 radical (unpaired) electrons. The summed E-state index contributed by atoms with van der Waals surface area (Å²) < 4.78 is 30.4. The molecule has 0 saturated carbocycles. The highest BCUT2D eigenvalue weighted by atomic mass is 35.5. The minimum Gasteiger partial charge on any atom is -0.378 e. The topological polar surface area (TPSA) is 148 Å². The van der Waals surface area contributed by atoms with Crippen molar-refractivity contribution in [2.75, 3.05) is 43.9 Å². The van der Waals surface area contributed by atoms with E-state index in [1.807, 2.05) is 0 Å². The molecule has 43 heavy (non-hydrogen) atoms. The smallest absolute Gasteiger partial charge is 0.265 e. The number of carbonyl (C=O) groups is 2. The van der Waals surface area contributed by atoms with Crippen molar-refractivity contribution >= 4 is 50.2 Å². The molecule has 11 nitrogen and oxygen atoms in total. The first kappa shape index (κ1) is 29.9. The molecule has 2 aromatic heterocycles. The number of ether oxygens (including phenoxy) is 1. The molecule has 3 N–H and O–H groups in total. The van der Waals surface area contributed by atoms with Crippen LogP contribution < -0.4 is 15.6 Å². The first-order chi connectivity index (χ1) is 20.5. The third kappa shape index (κ3) is 6.60. The molecule has 1 saturated heterocycles. The number of hydrogen-bond acceptors (Lipinski definition) is 8. The zero-order valence-electron chi connectivity index (χ0n) is 23.3. The van der Waals surface area contributed by atoms with Crippen LogP contribution in [0.5, 0.6) is 0 Å². The van der Waals surface area contributed by atoms with Crippen LogP contribution in [0.15, 0.2) is 60.8 Å². The lowest BCUT2D eigenvalue weighted by molar-refractivity contribution is 0.0303. The zero-order valence-corrected chi connectivity index (χ0v) is 24.9. The van der Waals surface area contributed by atoms with Crippen LogP contribution in [0, 0.1) is 11.8 Å². The number of carbonyl (C=O) groups excluding carboxylic acids is 2. The van der Waals surface area contributed by atoms with Gasteiger partial charge in [-0.1, -0.05) is 35.6 Å². The van der Waals surface area contributed by atoms with Crippen LogP contribution >= 0.6 is 11.6 Å². The Kier molecular flexibility index (Phi) is 8.61. The predicted octanol–water partition coefficient (Wildman–Crippen LogP) is 2.82. The van der Waals surface area contributed by atoms with Gasteiger partial charge in [-0.2, -0.15) is 0 Å². The van der Waals surface area contributed by atoms with E-state index in [1.165, 1.54) is 19.3 Å². The van der Waals surface area contributed by atoms with Crippen LogP contribution in [-0.2, 0) is 14.8 Å². The molecule has 4 aromatic rings. The van der Waals surface area contributed by atoms with Crippen molar-refractivity contribution in [2.24, 2.45) is 5.84 Å². The summed E-state index contributed by atoms with van der Waals surface area (Å²) in [6.45, 7) is 2.13. The zero-order chi connectivity index (χ0) is 30.7. The van der Waals surface area contributed by atoms with E-state index in [0.29, 0.717) is 70.2 Å². The molecule has 1 aliphatic heterocycles. The number of hydrazine groups is 1. The van der Waals surface area contributed by atoms with Gasteiger partial charge in [-0.05, 0) is 36.4 Å². The largest absolute Gasteiger partial charge is 0.378 e. The van der Waals surface area contributed by atoms with Gasteiger partial charge in [0.05, 0.1) is 41.3 Å². The highest BCUT2D eigenvalue weighted by Crippen LogP contribution is 2.27. The standard InChI is InChI=1S/C30H27ClN6O5S/c1-36(43(2,40)41)28-17-27-24(18-33-28)23(29(38)35-32)16-26(34-27)21-7-4-19(5-8-21)3-6-20-9-10-22(15-25(20)31)30(39)37-11-13-42-14-12-37/h4-5,7-10,15-18H,11-14,32H2,1-2H3,(H,35,38). The van der Waals surface area contributed by atoms with Gasteiger partial charge in [0.2, 0.25) is 10.0 Å². The average Bonchev–Trinajstić information content (AvgIpc) is 3.02. The summed E-state index contributed by atoms with van der Waals surface area (Å²) >= 11 is 6.45. The molecule has 0 atom stereocenters. The SMILES string of the molecule is CN(c1cc2nc(-c3ccc(C#Cc4ccc(C(=O)N5CCOCC5)cc4Cl)cc3)cc(C(=O)NN)c2cn1)S(C)(=O)=O. The van der Waals surface area contributed by atoms with E-state index < -0.39 is 15.9 Å². The Morgan fingerprint density at radius 3 is 2.44 bits per heavy atom. The molecular weight excluding hydrogens is 592 g/mol. The van der Waals surface area contributed by atoms with E-state index in [2.05, 4.69) is 27.2 Å². The fourth-order valence-electron chi connectivity index (χ4n) is 4.43. The van der Waals surface area contributed by atoms with Crippen molar-refractivity contribution in [3.05, 3.63) is 88.1 Å². The first-order valence-corrected chi connectivity index (χ1v) is 15.3. The van der Waals surface area contributed by atoms with Crippen molar-refractivity contribution in [1.29, 1.82) is 0 Å². The number of halogens is 1. The Morgan fingerprint density at radius 2 is 1.79 bits per heavy atom. The number of aromatic nitrogens is 2. The van der Waals surface area contributed by atoms with Gasteiger partial charge in [-0.15, -0.1) is 0 Å². The van der Waals surface area contributed by atoms with Crippen LogP contribution in [0.1, 0.15) is 31.8 Å². The molecule has 13 heteroatoms. The molecule has 2 amide bonds. The number of morpholine rings is 1. The van der Waals surface area contributed by atoms with Gasteiger partial charge in [0, 0.05) is 60.0 Å². The van der Waals surface area contributed by atoms with E-state index in [9.17, 15) is 18.0 Å². The van der Waals surface area contributed by atoms with Crippen LogP contribution in [-0.4, -0.2) is 74.7 Å². The second kappa shape index (κ2) is 12.4. The fourth-order valence-corrected chi connectivity index (χ4v) is 5.10. The van der Waals surface area contributed by atoms with E-state index in [0.717, 1.165) is 10.6 Å². The molecule has 2 aromatic carbocycles. The summed E-state index contributed by atoms with van der Waals surface area (Å²) in [4.78, 5) is 35.9. The van der Waals surface area contributed by atoms with Gasteiger partial charge in [-0.25, -0.2) is 24.2 Å². The summed E-state index contributed by atoms with van der Waals surface area (Å²) in [6, 6.07) is 15.4. The Bertz CT molecular complexity index is 1900. The summed E-state index contributed by atoms with van der Waals surface area (Å²) in [7, 11) is -2.18. The third-order valence-corrected chi connectivity index (χ3v) is 8.41. The van der Waals surface area contributed by atoms with Gasteiger partial charge in [0.1, 0.15) is 5.82 Å². The van der Waals surface area contributed by atoms with Gasteiger partial charge in [-0.3, -0.25) is 19.3 Å². The number of nitrogen functional groups attached to an aromatic ring is 1. The van der Waals surface area contributed by atoms with Crippen LogP contribution in [0.4, 0.5) is 5.82 Å². The fraction of sp³-hybridized carbons (Fsp3) is 0.200. The monoisotopic (exact) mass is 618 g/mol. The number of amides is 2. The number of pyridine rings is 2. The van der Waals surface area contributed by atoms with Crippen molar-refractivity contribution in [3.63, 3.8) is 0 Å². The molecule has 3 heterocycles. The molecule has 0 aliphatic carbocycles. The molecule has 0 unspecified atom stereocenters. The maximum atomic E-state index is 12.7. The number of nitrogens with zero attached hydrogens (tertiary/aromatic N) is 4. The van der Waals surface area contributed by atoms with Gasteiger partial charge < -0.3 is 9.64 Å². The number of anilines is 1. The number of benzene rings is 2. The van der Waals surface area contributed by atoms with Crippen LogP contribution in [0.25, 0.3) is 22.2 Å². The Labute approximate surface area is 253 Å². The maximum absolute atomic E-state index is 12.7. The first-order valence-electron chi connectivity index (χ1n) is 13.1. The number of nitrogens with two attached hydrogens (primary N) is 1. The minimum atomic E-state index is -3.56. The Balaban J connectivity index is 1.42. The van der Waals surface area contributed by atoms with E-state index in [-0.39, 0.29) is 17.3 Å². The van der Waals surface area contributed by atoms with Crippen molar-refractivity contribution in [3.8, 4) is 23.1 Å². The molecule has 220 valence electrons. The summed E-state index contributed by atoms with van der Waals surface area (Å²) in [6.07, 6.45) is 2.46. The number of nitrogens with one attached hydrogen (secondary N) is 1. The number of sulfonamides is 1. The van der Waals surface area contributed by atoms with Gasteiger partial charge >= 0.3 is 0 Å². The normalized spacial score (nSPS) is 13.3. The highest BCUT2D eigenvalue weighted by Gasteiger charge is 2.20. The summed E-state index contributed by atoms with van der Waals surface area (Å²) in [5.74, 6) is 11.1. The highest BCUT2D eigenvalue weighted by molar-refractivity contribution is 7.92. The van der Waals surface area contributed by atoms with E-state index >= 15 is 0 Å². The van der Waals surface area contributed by atoms with Crippen LogP contribution in [0.2, 0.25) is 5.02 Å². The number of hydrogen-bond donors (Lipinski definition) is 2. The Hall–Kier alpha value is -4.54. The molecule has 0 bridgehead atoms. The van der Waals surface area contributed by atoms with Gasteiger partial charge in [0.15, 0.2) is 0 Å². The van der Waals surface area contributed by atoms with E-state index in [1.54, 1.807) is 53.4 Å². The van der Waals surface area contributed by atoms with Crippen molar-refractivity contribution in [2.45, 2.75) is 0 Å². The molecule has 5 rings (SSSR count). The van der Waals surface area contributed by atoms with Gasteiger partial charge in [0.25, 0.3) is 11.8 Å². The summed E-state index contributed by atoms with van der Waals surface area (Å²) in [5, 5.41) is 0.791. The predicted molar refractivity (Wildman–Crippen MR) is 164 cm³/mol. The summed E-state index contributed by atoms with van der Waals surface area (Å²) in [5.41, 5.74) is 5.68. The Morgan fingerprint density at radius 1 is 1.07 bits per heavy atom. The molecule has 1 fully saturated rings. The molecule has 1 aliphatic rings. The lowest BCUT2D eigenvalue weighted by atomic mass is 10.0. The second-order valence-corrected chi connectivity index (χ2v) is 12.2. The van der Waals surface area contributed by atoms with Crippen molar-refractivity contribution in [1.82, 2.24) is 20.3 Å². The third-order valence-electron chi connectivity index (χ3n) is 6.91.